The van der Waals surface area contributed by atoms with Gasteiger partial charge in [0, 0.05) is 6.54 Å². The van der Waals surface area contributed by atoms with E-state index in [0.717, 1.165) is 17.4 Å². The number of hydrogen-bond acceptors (Lipinski definition) is 5. The van der Waals surface area contributed by atoms with E-state index in [1.807, 2.05) is 30.3 Å². The van der Waals surface area contributed by atoms with E-state index < -0.39 is 6.09 Å². The number of methoxy groups -OCH3 is 2. The minimum Gasteiger partial charge on any atom is -0.493 e. The van der Waals surface area contributed by atoms with Crippen molar-refractivity contribution in [3.63, 3.8) is 0 Å². The molecule has 0 aromatic heterocycles. The monoisotopic (exact) mass is 343 g/mol. The summed E-state index contributed by atoms with van der Waals surface area (Å²) in [5, 5.41) is 2.67. The summed E-state index contributed by atoms with van der Waals surface area (Å²) in [6.07, 6.45) is 0.691. The fourth-order valence-corrected chi connectivity index (χ4v) is 2.41. The predicted molar refractivity (Wildman–Crippen MR) is 93.3 cm³/mol. The van der Waals surface area contributed by atoms with Crippen LogP contribution >= 0.6 is 0 Å². The van der Waals surface area contributed by atoms with Crippen LogP contribution in [0.15, 0.2) is 42.5 Å². The first-order chi connectivity index (χ1) is 12.2. The van der Waals surface area contributed by atoms with Crippen molar-refractivity contribution in [3.8, 4) is 11.5 Å². The molecule has 0 atom stereocenters. The lowest BCUT2D eigenvalue weighted by Gasteiger charge is -2.13. The number of nitrogens with one attached hydrogen (secondary N) is 1. The number of aldehydes is 1. The van der Waals surface area contributed by atoms with Gasteiger partial charge in [0.15, 0.2) is 17.8 Å². The largest absolute Gasteiger partial charge is 0.493 e. The molecule has 2 rings (SSSR count). The van der Waals surface area contributed by atoms with Crippen molar-refractivity contribution >= 4 is 12.4 Å². The first kappa shape index (κ1) is 18.3. The highest BCUT2D eigenvalue weighted by molar-refractivity contribution is 5.83. The van der Waals surface area contributed by atoms with Gasteiger partial charge in [0.05, 0.1) is 19.8 Å². The fraction of sp³-hybridized carbons (Fsp3) is 0.263. The van der Waals surface area contributed by atoms with E-state index in [2.05, 4.69) is 5.32 Å². The number of benzene rings is 2. The molecule has 0 aliphatic rings. The third-order valence-corrected chi connectivity index (χ3v) is 3.67. The summed E-state index contributed by atoms with van der Waals surface area (Å²) in [5.74, 6) is 0.880. The summed E-state index contributed by atoms with van der Waals surface area (Å²) < 4.78 is 15.6. The lowest BCUT2D eigenvalue weighted by Crippen LogP contribution is -2.26. The average Bonchev–Trinajstić information content (AvgIpc) is 2.66. The minimum atomic E-state index is -0.503. The first-order valence-electron chi connectivity index (χ1n) is 7.83. The number of hydrogen-bond donors (Lipinski definition) is 1. The molecule has 0 radical (unpaired) electrons. The molecular weight excluding hydrogens is 322 g/mol. The number of amides is 1. The summed E-state index contributed by atoms with van der Waals surface area (Å²) in [6.45, 7) is 0.548. The SMILES string of the molecule is COc1ccc(CCNC(=O)OCc2ccccc2)c(C=O)c1OC. The van der Waals surface area contributed by atoms with Gasteiger partial charge >= 0.3 is 6.09 Å². The van der Waals surface area contributed by atoms with Gasteiger partial charge in [0.1, 0.15) is 6.61 Å². The average molecular weight is 343 g/mol. The molecule has 0 bridgehead atoms. The van der Waals surface area contributed by atoms with Crippen LogP contribution in [0.5, 0.6) is 11.5 Å². The van der Waals surface area contributed by atoms with Gasteiger partial charge in [-0.3, -0.25) is 4.79 Å². The molecule has 6 heteroatoms. The van der Waals surface area contributed by atoms with Crippen molar-refractivity contribution in [3.05, 3.63) is 59.2 Å². The summed E-state index contributed by atoms with van der Waals surface area (Å²) in [4.78, 5) is 23.1. The van der Waals surface area contributed by atoms with Gasteiger partial charge in [-0.15, -0.1) is 0 Å². The second-order valence-corrected chi connectivity index (χ2v) is 5.23. The molecule has 25 heavy (non-hydrogen) atoms. The summed E-state index contributed by atoms with van der Waals surface area (Å²) in [7, 11) is 2.99. The molecular formula is C19H21NO5. The summed E-state index contributed by atoms with van der Waals surface area (Å²) >= 11 is 0. The highest BCUT2D eigenvalue weighted by Gasteiger charge is 2.14. The Labute approximate surface area is 146 Å². The molecule has 0 saturated heterocycles. The Balaban J connectivity index is 1.88. The van der Waals surface area contributed by atoms with Crippen LogP contribution < -0.4 is 14.8 Å². The highest BCUT2D eigenvalue weighted by atomic mass is 16.5. The predicted octanol–water partition coefficient (Wildman–Crippen LogP) is 2.99. The number of carbonyl (C=O) groups is 2. The Morgan fingerprint density at radius 1 is 1.08 bits per heavy atom. The molecule has 0 spiro atoms. The molecule has 0 saturated carbocycles. The van der Waals surface area contributed by atoms with Gasteiger partial charge in [-0.1, -0.05) is 36.4 Å². The van der Waals surface area contributed by atoms with E-state index in [-0.39, 0.29) is 6.61 Å². The Hall–Kier alpha value is -3.02. The summed E-state index contributed by atoms with van der Waals surface area (Å²) in [6, 6.07) is 12.9. The Kier molecular flexibility index (Phi) is 6.83. The van der Waals surface area contributed by atoms with Crippen LogP contribution in [-0.2, 0) is 17.8 Å². The quantitative estimate of drug-likeness (QED) is 0.746. The molecule has 6 nitrogen and oxygen atoms in total. The Bertz CT molecular complexity index is 715. The minimum absolute atomic E-state index is 0.211. The Morgan fingerprint density at radius 2 is 1.84 bits per heavy atom. The van der Waals surface area contributed by atoms with Gasteiger partial charge in [-0.2, -0.15) is 0 Å². The maximum absolute atomic E-state index is 11.7. The topological polar surface area (TPSA) is 73.9 Å². The van der Waals surface area contributed by atoms with Crippen LogP contribution in [0, 0.1) is 0 Å². The second-order valence-electron chi connectivity index (χ2n) is 5.23. The standard InChI is InChI=1S/C19H21NO5/c1-23-17-9-8-15(16(12-21)18(17)24-2)10-11-20-19(22)25-13-14-6-4-3-5-7-14/h3-9,12H,10-11,13H2,1-2H3,(H,20,22). The molecule has 1 amide bonds. The van der Waals surface area contributed by atoms with Crippen molar-refractivity contribution in [2.75, 3.05) is 20.8 Å². The lowest BCUT2D eigenvalue weighted by molar-refractivity contribution is 0.111. The molecule has 2 aromatic rings. The van der Waals surface area contributed by atoms with Crippen LogP contribution in [0.2, 0.25) is 0 Å². The summed E-state index contributed by atoms with van der Waals surface area (Å²) in [5.41, 5.74) is 2.10. The zero-order valence-electron chi connectivity index (χ0n) is 14.3. The first-order valence-corrected chi connectivity index (χ1v) is 7.83. The molecule has 0 aliphatic heterocycles. The van der Waals surface area contributed by atoms with Gasteiger partial charge in [-0.25, -0.2) is 4.79 Å². The third-order valence-electron chi connectivity index (χ3n) is 3.67. The molecule has 0 aliphatic carbocycles. The smallest absolute Gasteiger partial charge is 0.407 e. The highest BCUT2D eigenvalue weighted by Crippen LogP contribution is 2.32. The maximum Gasteiger partial charge on any atom is 0.407 e. The molecule has 0 unspecified atom stereocenters. The van der Waals surface area contributed by atoms with Crippen LogP contribution in [-0.4, -0.2) is 33.1 Å². The Morgan fingerprint density at radius 3 is 2.48 bits per heavy atom. The molecule has 132 valence electrons. The molecule has 0 heterocycles. The van der Waals surface area contributed by atoms with Crippen LogP contribution in [0.4, 0.5) is 4.79 Å². The second kappa shape index (κ2) is 9.32. The van der Waals surface area contributed by atoms with E-state index >= 15 is 0 Å². The van der Waals surface area contributed by atoms with Crippen molar-refractivity contribution in [2.24, 2.45) is 0 Å². The van der Waals surface area contributed by atoms with Crippen molar-refractivity contribution in [1.29, 1.82) is 0 Å². The van der Waals surface area contributed by atoms with Crippen molar-refractivity contribution < 1.29 is 23.8 Å². The van der Waals surface area contributed by atoms with Gasteiger partial charge < -0.3 is 19.5 Å². The number of carbonyl (C=O) groups excluding carboxylic acids is 2. The van der Waals surface area contributed by atoms with E-state index in [4.69, 9.17) is 14.2 Å². The van der Waals surface area contributed by atoms with Crippen LogP contribution in [0.3, 0.4) is 0 Å². The number of rotatable bonds is 8. The molecule has 0 fully saturated rings. The van der Waals surface area contributed by atoms with Gasteiger partial charge in [0.2, 0.25) is 0 Å². The lowest BCUT2D eigenvalue weighted by atomic mass is 10.0. The van der Waals surface area contributed by atoms with E-state index in [0.29, 0.717) is 30.0 Å². The third kappa shape index (κ3) is 4.97. The van der Waals surface area contributed by atoms with Crippen LogP contribution in [0.25, 0.3) is 0 Å². The van der Waals surface area contributed by atoms with Gasteiger partial charge in [-0.05, 0) is 23.6 Å². The maximum atomic E-state index is 11.7. The van der Waals surface area contributed by atoms with E-state index in [9.17, 15) is 9.59 Å². The van der Waals surface area contributed by atoms with Gasteiger partial charge in [0.25, 0.3) is 0 Å². The fourth-order valence-electron chi connectivity index (χ4n) is 2.41. The zero-order valence-corrected chi connectivity index (χ0v) is 14.3. The molecule has 1 N–H and O–H groups in total. The van der Waals surface area contributed by atoms with Crippen molar-refractivity contribution in [1.82, 2.24) is 5.32 Å². The molecule has 2 aromatic carbocycles. The normalized spacial score (nSPS) is 10.0. The number of ether oxygens (including phenoxy) is 3. The number of alkyl carbamates (subject to hydrolysis) is 1. The van der Waals surface area contributed by atoms with Crippen LogP contribution in [0.1, 0.15) is 21.5 Å². The zero-order chi connectivity index (χ0) is 18.1. The van der Waals surface area contributed by atoms with E-state index in [1.54, 1.807) is 12.1 Å². The van der Waals surface area contributed by atoms with Crippen molar-refractivity contribution in [2.45, 2.75) is 13.0 Å². The van der Waals surface area contributed by atoms with E-state index in [1.165, 1.54) is 14.2 Å².